The summed E-state index contributed by atoms with van der Waals surface area (Å²) in [4.78, 5) is 12.4. The molecule has 0 fully saturated rings. The molecule has 7 heteroatoms. The van der Waals surface area contributed by atoms with Crippen LogP contribution in [0.5, 0.6) is 0 Å². The molecule has 2 N–H and O–H groups in total. The second-order valence-electron chi connectivity index (χ2n) is 3.91. The topological polar surface area (TPSA) is 43.1 Å². The number of anilines is 1. The van der Waals surface area contributed by atoms with Gasteiger partial charge in [0.25, 0.3) is 0 Å². The maximum absolute atomic E-state index is 12.4. The van der Waals surface area contributed by atoms with E-state index >= 15 is 0 Å². The minimum atomic E-state index is -0.416. The first-order chi connectivity index (χ1) is 9.32. The Balaban J connectivity index is 2.59. The van der Waals surface area contributed by atoms with Gasteiger partial charge in [0, 0.05) is 5.56 Å². The smallest absolute Gasteiger partial charge is 0.196 e. The summed E-state index contributed by atoms with van der Waals surface area (Å²) in [5.74, 6) is -0.416. The van der Waals surface area contributed by atoms with Gasteiger partial charge in [-0.2, -0.15) is 0 Å². The summed E-state index contributed by atoms with van der Waals surface area (Å²) in [6.45, 7) is 0. The van der Waals surface area contributed by atoms with E-state index in [4.69, 9.17) is 63.7 Å². The highest BCUT2D eigenvalue weighted by atomic mass is 35.5. The number of nitrogens with two attached hydrogens (primary N) is 1. The van der Waals surface area contributed by atoms with Gasteiger partial charge in [-0.15, -0.1) is 0 Å². The normalized spacial score (nSPS) is 10.7. The fourth-order valence-electron chi connectivity index (χ4n) is 1.59. The van der Waals surface area contributed by atoms with Gasteiger partial charge >= 0.3 is 0 Å². The quantitative estimate of drug-likeness (QED) is 0.316. The zero-order valence-electron chi connectivity index (χ0n) is 9.68. The highest BCUT2D eigenvalue weighted by Gasteiger charge is 2.21. The number of carbonyl (C=O) groups excluding carboxylic acids is 1. The minimum absolute atomic E-state index is 0.00196. The van der Waals surface area contributed by atoms with E-state index in [2.05, 4.69) is 0 Å². The van der Waals surface area contributed by atoms with Crippen molar-refractivity contribution in [3.63, 3.8) is 0 Å². The van der Waals surface area contributed by atoms with Crippen LogP contribution in [0.3, 0.4) is 0 Å². The molecule has 20 heavy (non-hydrogen) atoms. The lowest BCUT2D eigenvalue weighted by atomic mass is 10.0. The van der Waals surface area contributed by atoms with Crippen LogP contribution in [0.2, 0.25) is 25.1 Å². The third-order valence-electron chi connectivity index (χ3n) is 2.60. The van der Waals surface area contributed by atoms with Crippen molar-refractivity contribution in [1.29, 1.82) is 0 Å². The monoisotopic (exact) mass is 367 g/mol. The molecule has 0 saturated carbocycles. The lowest BCUT2D eigenvalue weighted by Gasteiger charge is -2.10. The third-order valence-corrected chi connectivity index (χ3v) is 4.49. The Hall–Kier alpha value is -0.640. The maximum atomic E-state index is 12.4. The largest absolute Gasteiger partial charge is 0.398 e. The van der Waals surface area contributed by atoms with Gasteiger partial charge < -0.3 is 5.73 Å². The first kappa shape index (κ1) is 15.7. The van der Waals surface area contributed by atoms with Crippen LogP contribution in [0.25, 0.3) is 0 Å². The molecule has 2 aromatic rings. The number of ketones is 1. The zero-order valence-corrected chi connectivity index (χ0v) is 13.5. The average Bonchev–Trinajstić information content (AvgIpc) is 2.39. The van der Waals surface area contributed by atoms with Gasteiger partial charge in [0.1, 0.15) is 0 Å². The molecule has 2 rings (SSSR count). The molecule has 0 spiro atoms. The molecule has 2 aromatic carbocycles. The van der Waals surface area contributed by atoms with Crippen LogP contribution in [-0.4, -0.2) is 5.78 Å². The van der Waals surface area contributed by atoms with E-state index in [0.29, 0.717) is 11.3 Å². The van der Waals surface area contributed by atoms with Gasteiger partial charge in [0.05, 0.1) is 36.4 Å². The van der Waals surface area contributed by atoms with Crippen molar-refractivity contribution in [2.24, 2.45) is 0 Å². The van der Waals surface area contributed by atoms with Crippen molar-refractivity contribution < 1.29 is 4.79 Å². The first-order valence-corrected chi connectivity index (χ1v) is 7.14. The predicted molar refractivity (Wildman–Crippen MR) is 85.8 cm³/mol. The summed E-state index contributed by atoms with van der Waals surface area (Å²) in [5.41, 5.74) is 6.34. The molecular formula is C13H6Cl5NO. The molecule has 0 bridgehead atoms. The fraction of sp³-hybridized carbons (Fsp3) is 0. The molecule has 0 saturated heterocycles. The van der Waals surface area contributed by atoms with E-state index in [9.17, 15) is 4.79 Å². The van der Waals surface area contributed by atoms with Crippen molar-refractivity contribution in [1.82, 2.24) is 0 Å². The van der Waals surface area contributed by atoms with Crippen molar-refractivity contribution in [2.45, 2.75) is 0 Å². The summed E-state index contributed by atoms with van der Waals surface area (Å²) in [6, 6.07) is 5.85. The first-order valence-electron chi connectivity index (χ1n) is 5.25. The lowest BCUT2D eigenvalue weighted by molar-refractivity contribution is 0.103. The van der Waals surface area contributed by atoms with Crippen LogP contribution in [0.1, 0.15) is 15.9 Å². The van der Waals surface area contributed by atoms with Gasteiger partial charge in [-0.1, -0.05) is 58.0 Å². The van der Waals surface area contributed by atoms with Crippen molar-refractivity contribution >= 4 is 69.5 Å². The van der Waals surface area contributed by atoms with Gasteiger partial charge in [0.2, 0.25) is 0 Å². The summed E-state index contributed by atoms with van der Waals surface area (Å²) in [5, 5.41) is 0.629. The Bertz CT molecular complexity index is 714. The van der Waals surface area contributed by atoms with E-state index < -0.39 is 5.78 Å². The van der Waals surface area contributed by atoms with Gasteiger partial charge in [-0.3, -0.25) is 4.79 Å². The highest BCUT2D eigenvalue weighted by Crippen LogP contribution is 2.38. The Morgan fingerprint density at radius 2 is 1.50 bits per heavy atom. The number of hydrogen-bond acceptors (Lipinski definition) is 2. The summed E-state index contributed by atoms with van der Waals surface area (Å²) in [7, 11) is 0. The minimum Gasteiger partial charge on any atom is -0.398 e. The van der Waals surface area contributed by atoms with Crippen LogP contribution in [0.4, 0.5) is 5.69 Å². The molecule has 2 nitrogen and oxygen atoms in total. The Labute approximate surface area is 140 Å². The fourth-order valence-corrected chi connectivity index (χ4v) is 2.85. The Kier molecular flexibility index (Phi) is 4.73. The molecule has 0 unspecified atom stereocenters. The van der Waals surface area contributed by atoms with E-state index in [0.717, 1.165) is 0 Å². The van der Waals surface area contributed by atoms with E-state index in [1.54, 1.807) is 0 Å². The molecule has 0 heterocycles. The number of carbonyl (C=O) groups is 1. The molecule has 0 atom stereocenters. The van der Waals surface area contributed by atoms with E-state index in [1.807, 2.05) is 0 Å². The van der Waals surface area contributed by atoms with Crippen LogP contribution >= 0.6 is 58.0 Å². The molecule has 0 aromatic heterocycles. The second kappa shape index (κ2) is 6.00. The van der Waals surface area contributed by atoms with E-state index in [-0.39, 0.29) is 30.7 Å². The average molecular weight is 369 g/mol. The van der Waals surface area contributed by atoms with Gasteiger partial charge in [-0.05, 0) is 24.3 Å². The molecule has 0 aliphatic rings. The standard InChI is InChI=1S/C13H6Cl5NO/c14-6-3-5(1-2-9(6)19)13(20)10-7(15)4-8(16)11(17)12(10)18/h1-4H,19H2. The predicted octanol–water partition coefficient (Wildman–Crippen LogP) is 5.77. The van der Waals surface area contributed by atoms with E-state index in [1.165, 1.54) is 24.3 Å². The summed E-state index contributed by atoms with van der Waals surface area (Å²) >= 11 is 29.7. The second-order valence-corrected chi connectivity index (χ2v) is 5.89. The number of rotatable bonds is 2. The van der Waals surface area contributed by atoms with Crippen LogP contribution in [-0.2, 0) is 0 Å². The van der Waals surface area contributed by atoms with Crippen LogP contribution in [0, 0.1) is 0 Å². The van der Waals surface area contributed by atoms with Gasteiger partial charge in [-0.25, -0.2) is 0 Å². The number of nitrogen functional groups attached to an aromatic ring is 1. The molecule has 0 aliphatic carbocycles. The molecule has 0 amide bonds. The number of halogens is 5. The summed E-state index contributed by atoms with van der Waals surface area (Å²) < 4.78 is 0. The number of hydrogen-bond donors (Lipinski definition) is 1. The Morgan fingerprint density at radius 3 is 2.10 bits per heavy atom. The molecule has 0 aliphatic heterocycles. The SMILES string of the molecule is Nc1ccc(C(=O)c2c(Cl)cc(Cl)c(Cl)c2Cl)cc1Cl. The third kappa shape index (κ3) is 2.85. The molecular weight excluding hydrogens is 363 g/mol. The highest BCUT2D eigenvalue weighted by molar-refractivity contribution is 6.51. The zero-order chi connectivity index (χ0) is 15.0. The van der Waals surface area contributed by atoms with Crippen molar-refractivity contribution in [3.05, 3.63) is 60.5 Å². The summed E-state index contributed by atoms with van der Waals surface area (Å²) in [6.07, 6.45) is 0. The van der Waals surface area contributed by atoms with Crippen molar-refractivity contribution in [2.75, 3.05) is 5.73 Å². The number of benzene rings is 2. The maximum Gasteiger partial charge on any atom is 0.196 e. The molecule has 104 valence electrons. The van der Waals surface area contributed by atoms with Crippen LogP contribution < -0.4 is 5.73 Å². The van der Waals surface area contributed by atoms with Gasteiger partial charge in [0.15, 0.2) is 5.78 Å². The Morgan fingerprint density at radius 1 is 0.850 bits per heavy atom. The molecule has 0 radical (unpaired) electrons. The van der Waals surface area contributed by atoms with Crippen LogP contribution in [0.15, 0.2) is 24.3 Å². The van der Waals surface area contributed by atoms with Crippen molar-refractivity contribution in [3.8, 4) is 0 Å². The lowest BCUT2D eigenvalue weighted by Crippen LogP contribution is -2.04.